The highest BCUT2D eigenvalue weighted by atomic mass is 16.3. The van der Waals surface area contributed by atoms with Crippen molar-refractivity contribution in [2.75, 3.05) is 0 Å². The number of aryl methyl sites for hydroxylation is 1. The number of aromatic nitrogens is 2. The predicted molar refractivity (Wildman–Crippen MR) is 84.6 cm³/mol. The minimum atomic E-state index is -0.229. The fraction of sp³-hybridized carbons (Fsp3) is 0.294. The summed E-state index contributed by atoms with van der Waals surface area (Å²) < 4.78 is 7.30. The van der Waals surface area contributed by atoms with Crippen molar-refractivity contribution in [3.63, 3.8) is 0 Å². The monoisotopic (exact) mass is 297 g/mol. The molecular weight excluding hydrogens is 278 g/mol. The lowest BCUT2D eigenvalue weighted by molar-refractivity contribution is 0.0909. The molecule has 5 heteroatoms. The second-order valence-corrected chi connectivity index (χ2v) is 5.28. The number of carbonyl (C=O) groups is 1. The number of rotatable bonds is 5. The molecule has 0 saturated heterocycles. The van der Waals surface area contributed by atoms with Gasteiger partial charge in [0.25, 0.3) is 5.91 Å². The average molecular weight is 297 g/mol. The van der Waals surface area contributed by atoms with E-state index in [0.29, 0.717) is 5.76 Å². The largest absolute Gasteiger partial charge is 0.459 e. The number of nitrogens with zero attached hydrogens (tertiary/aromatic N) is 2. The van der Waals surface area contributed by atoms with Crippen LogP contribution in [-0.4, -0.2) is 15.5 Å². The Morgan fingerprint density at radius 1 is 1.32 bits per heavy atom. The van der Waals surface area contributed by atoms with Crippen molar-refractivity contribution >= 4 is 16.9 Å². The Bertz CT molecular complexity index is 774. The lowest BCUT2D eigenvalue weighted by Gasteiger charge is -2.15. The van der Waals surface area contributed by atoms with E-state index in [2.05, 4.69) is 27.9 Å². The van der Waals surface area contributed by atoms with E-state index >= 15 is 0 Å². The summed E-state index contributed by atoms with van der Waals surface area (Å²) in [5.74, 6) is 0.945. The van der Waals surface area contributed by atoms with Gasteiger partial charge in [0, 0.05) is 6.54 Å². The molecule has 0 aliphatic heterocycles. The molecule has 2 heterocycles. The van der Waals surface area contributed by atoms with Crippen molar-refractivity contribution in [1.82, 2.24) is 14.9 Å². The Kier molecular flexibility index (Phi) is 3.96. The normalized spacial score (nSPS) is 12.5. The maximum Gasteiger partial charge on any atom is 0.287 e. The zero-order valence-electron chi connectivity index (χ0n) is 12.7. The quantitative estimate of drug-likeness (QED) is 0.783. The lowest BCUT2D eigenvalue weighted by Crippen LogP contribution is -2.28. The van der Waals surface area contributed by atoms with Crippen LogP contribution in [0, 0.1) is 0 Å². The van der Waals surface area contributed by atoms with Crippen molar-refractivity contribution in [1.29, 1.82) is 0 Å². The van der Waals surface area contributed by atoms with E-state index in [1.165, 1.54) is 6.26 Å². The molecule has 1 aromatic carbocycles. The minimum Gasteiger partial charge on any atom is -0.459 e. The second kappa shape index (κ2) is 6.05. The lowest BCUT2D eigenvalue weighted by atomic mass is 10.3. The van der Waals surface area contributed by atoms with Gasteiger partial charge in [0.1, 0.15) is 5.82 Å². The summed E-state index contributed by atoms with van der Waals surface area (Å²) in [6, 6.07) is 11.2. The van der Waals surface area contributed by atoms with Crippen LogP contribution in [0.4, 0.5) is 0 Å². The van der Waals surface area contributed by atoms with Gasteiger partial charge in [-0.15, -0.1) is 0 Å². The number of para-hydroxylation sites is 2. The van der Waals surface area contributed by atoms with Crippen LogP contribution in [-0.2, 0) is 6.54 Å². The molecule has 0 unspecified atom stereocenters. The van der Waals surface area contributed by atoms with Gasteiger partial charge in [0.15, 0.2) is 5.76 Å². The maximum absolute atomic E-state index is 12.1. The highest BCUT2D eigenvalue weighted by Gasteiger charge is 2.19. The second-order valence-electron chi connectivity index (χ2n) is 5.28. The molecule has 0 aliphatic carbocycles. The van der Waals surface area contributed by atoms with Gasteiger partial charge in [-0.3, -0.25) is 4.79 Å². The van der Waals surface area contributed by atoms with Gasteiger partial charge in [0.2, 0.25) is 0 Å². The number of nitrogens with one attached hydrogen (secondary N) is 1. The van der Waals surface area contributed by atoms with E-state index in [1.54, 1.807) is 12.1 Å². The molecule has 1 atom stereocenters. The molecule has 0 bridgehead atoms. The summed E-state index contributed by atoms with van der Waals surface area (Å²) in [6.07, 6.45) is 2.50. The van der Waals surface area contributed by atoms with Gasteiger partial charge in [-0.05, 0) is 37.6 Å². The highest BCUT2D eigenvalue weighted by Crippen LogP contribution is 2.21. The van der Waals surface area contributed by atoms with E-state index in [4.69, 9.17) is 4.42 Å². The Morgan fingerprint density at radius 2 is 2.14 bits per heavy atom. The third kappa shape index (κ3) is 2.62. The molecular formula is C17H19N3O2. The smallest absolute Gasteiger partial charge is 0.287 e. The molecule has 0 fully saturated rings. The number of hydrogen-bond acceptors (Lipinski definition) is 3. The topological polar surface area (TPSA) is 60.1 Å². The molecule has 22 heavy (non-hydrogen) atoms. The average Bonchev–Trinajstić information content (AvgIpc) is 3.16. The Hall–Kier alpha value is -2.56. The highest BCUT2D eigenvalue weighted by molar-refractivity contribution is 5.91. The molecule has 5 nitrogen and oxygen atoms in total. The number of imidazole rings is 1. The maximum atomic E-state index is 12.1. The van der Waals surface area contributed by atoms with Crippen LogP contribution in [0.2, 0.25) is 0 Å². The van der Waals surface area contributed by atoms with Crippen LogP contribution in [0.3, 0.4) is 0 Å². The molecule has 1 amide bonds. The van der Waals surface area contributed by atoms with Crippen LogP contribution in [0.5, 0.6) is 0 Å². The van der Waals surface area contributed by atoms with Gasteiger partial charge < -0.3 is 14.3 Å². The molecule has 1 N–H and O–H groups in total. The first-order valence-corrected chi connectivity index (χ1v) is 7.50. The summed E-state index contributed by atoms with van der Waals surface area (Å²) >= 11 is 0. The first kappa shape index (κ1) is 14.4. The molecule has 0 saturated carbocycles. The van der Waals surface area contributed by atoms with Gasteiger partial charge in [0.05, 0.1) is 23.3 Å². The summed E-state index contributed by atoms with van der Waals surface area (Å²) in [5, 5.41) is 2.94. The standard InChI is InChI=1S/C17H19N3O2/c1-3-10-20-14-8-5-4-7-13(14)19-16(20)12(2)18-17(21)15-9-6-11-22-15/h4-9,11-12H,3,10H2,1-2H3,(H,18,21)/t12-/m1/s1. The predicted octanol–water partition coefficient (Wildman–Crippen LogP) is 3.53. The Morgan fingerprint density at radius 3 is 2.86 bits per heavy atom. The van der Waals surface area contributed by atoms with Crippen molar-refractivity contribution < 1.29 is 9.21 Å². The van der Waals surface area contributed by atoms with Crippen LogP contribution >= 0.6 is 0 Å². The summed E-state index contributed by atoms with van der Waals surface area (Å²) in [7, 11) is 0. The number of furan rings is 1. The molecule has 0 radical (unpaired) electrons. The van der Waals surface area contributed by atoms with Crippen LogP contribution in [0.15, 0.2) is 47.1 Å². The van der Waals surface area contributed by atoms with Crippen molar-refractivity contribution in [3.05, 3.63) is 54.2 Å². The van der Waals surface area contributed by atoms with Crippen molar-refractivity contribution in [2.45, 2.75) is 32.9 Å². The Balaban J connectivity index is 1.91. The van der Waals surface area contributed by atoms with E-state index in [0.717, 1.165) is 29.8 Å². The Labute approximate surface area is 129 Å². The zero-order valence-corrected chi connectivity index (χ0v) is 12.7. The van der Waals surface area contributed by atoms with Crippen LogP contribution in [0.25, 0.3) is 11.0 Å². The third-order valence-corrected chi connectivity index (χ3v) is 3.61. The molecule has 114 valence electrons. The third-order valence-electron chi connectivity index (χ3n) is 3.61. The number of carbonyl (C=O) groups excluding carboxylic acids is 1. The van der Waals surface area contributed by atoms with E-state index in [9.17, 15) is 4.79 Å². The zero-order chi connectivity index (χ0) is 15.5. The molecule has 0 aliphatic rings. The number of hydrogen-bond donors (Lipinski definition) is 1. The fourth-order valence-corrected chi connectivity index (χ4v) is 2.62. The van der Waals surface area contributed by atoms with Crippen molar-refractivity contribution in [2.24, 2.45) is 0 Å². The van der Waals surface area contributed by atoms with E-state index in [1.807, 2.05) is 25.1 Å². The van der Waals surface area contributed by atoms with Gasteiger partial charge in [-0.25, -0.2) is 4.98 Å². The van der Waals surface area contributed by atoms with Crippen LogP contribution in [0.1, 0.15) is 42.7 Å². The number of benzene rings is 1. The van der Waals surface area contributed by atoms with E-state index in [-0.39, 0.29) is 11.9 Å². The molecule has 3 rings (SSSR count). The van der Waals surface area contributed by atoms with Crippen molar-refractivity contribution in [3.8, 4) is 0 Å². The van der Waals surface area contributed by atoms with E-state index < -0.39 is 0 Å². The fourth-order valence-electron chi connectivity index (χ4n) is 2.62. The van der Waals surface area contributed by atoms with Crippen LogP contribution < -0.4 is 5.32 Å². The minimum absolute atomic E-state index is 0.198. The first-order chi connectivity index (χ1) is 10.7. The molecule has 0 spiro atoms. The molecule has 3 aromatic rings. The van der Waals surface area contributed by atoms with Gasteiger partial charge in [-0.1, -0.05) is 19.1 Å². The number of fused-ring (bicyclic) bond motifs is 1. The van der Waals surface area contributed by atoms with Gasteiger partial charge >= 0.3 is 0 Å². The SMILES string of the molecule is CCCn1c([C@@H](C)NC(=O)c2ccco2)nc2ccccc21. The molecule has 2 aromatic heterocycles. The van der Waals surface area contributed by atoms with Gasteiger partial charge in [-0.2, -0.15) is 0 Å². The first-order valence-electron chi connectivity index (χ1n) is 7.50. The summed E-state index contributed by atoms with van der Waals surface area (Å²) in [4.78, 5) is 16.8. The number of amides is 1. The summed E-state index contributed by atoms with van der Waals surface area (Å²) in [6.45, 7) is 4.94. The summed E-state index contributed by atoms with van der Waals surface area (Å²) in [5.41, 5.74) is 2.04.